The smallest absolute Gasteiger partial charge is 0.169 e. The zero-order valence-corrected chi connectivity index (χ0v) is 13.8. The van der Waals surface area contributed by atoms with Gasteiger partial charge in [0.15, 0.2) is 5.76 Å². The maximum atomic E-state index is 10.1. The molecule has 1 aromatic carbocycles. The summed E-state index contributed by atoms with van der Waals surface area (Å²) >= 11 is 0. The molecular weight excluding hydrogens is 340 g/mol. The van der Waals surface area contributed by atoms with Crippen LogP contribution in [0.1, 0.15) is 5.69 Å². The van der Waals surface area contributed by atoms with Crippen LogP contribution in [0.3, 0.4) is 0 Å². The van der Waals surface area contributed by atoms with Crippen LogP contribution in [0, 0.1) is 0 Å². The lowest BCUT2D eigenvalue weighted by Gasteiger charge is -2.39. The van der Waals surface area contributed by atoms with Crippen LogP contribution in [0.4, 0.5) is 0 Å². The fourth-order valence-corrected chi connectivity index (χ4v) is 3.36. The van der Waals surface area contributed by atoms with Crippen molar-refractivity contribution in [2.45, 2.75) is 36.9 Å². The van der Waals surface area contributed by atoms with Crippen LogP contribution in [0.15, 0.2) is 41.1 Å². The summed E-state index contributed by atoms with van der Waals surface area (Å²) in [5.74, 6) is 0.571. The molecule has 0 amide bonds. The largest absolute Gasteiger partial charge is 0.394 e. The number of nitrogens with one attached hydrogen (secondary N) is 1. The van der Waals surface area contributed by atoms with Crippen molar-refractivity contribution in [1.29, 1.82) is 0 Å². The minimum Gasteiger partial charge on any atom is -0.394 e. The van der Waals surface area contributed by atoms with E-state index in [9.17, 15) is 20.4 Å². The fraction of sp³-hybridized carbons (Fsp3) is 0.389. The third-order valence-electron chi connectivity index (χ3n) is 4.82. The molecule has 8 heteroatoms. The molecule has 3 heterocycles. The molecule has 1 aliphatic rings. The number of H-pyrrole nitrogens is 1. The molecule has 2 aromatic heterocycles. The number of fused-ring (bicyclic) bond motifs is 1. The Labute approximate surface area is 148 Å². The van der Waals surface area contributed by atoms with Gasteiger partial charge >= 0.3 is 0 Å². The average molecular weight is 360 g/mol. The van der Waals surface area contributed by atoms with Crippen molar-refractivity contribution >= 4 is 10.9 Å². The molecule has 0 aliphatic carbocycles. The van der Waals surface area contributed by atoms with Gasteiger partial charge in [0.05, 0.1) is 18.4 Å². The van der Waals surface area contributed by atoms with Crippen molar-refractivity contribution in [3.63, 3.8) is 0 Å². The molecule has 1 saturated heterocycles. The summed E-state index contributed by atoms with van der Waals surface area (Å²) in [6.07, 6.45) is -3.79. The van der Waals surface area contributed by atoms with Crippen molar-refractivity contribution in [3.05, 3.63) is 42.2 Å². The molecule has 138 valence electrons. The summed E-state index contributed by atoms with van der Waals surface area (Å²) < 4.78 is 10.9. The highest BCUT2D eigenvalue weighted by Gasteiger charge is 2.43. The second-order valence-electron chi connectivity index (χ2n) is 6.50. The van der Waals surface area contributed by atoms with Gasteiger partial charge in [0.25, 0.3) is 0 Å². The Morgan fingerprint density at radius 2 is 1.81 bits per heavy atom. The Kier molecular flexibility index (Phi) is 4.51. The van der Waals surface area contributed by atoms with Gasteiger partial charge in [0, 0.05) is 35.2 Å². The summed E-state index contributed by atoms with van der Waals surface area (Å²) in [6.45, 7) is -0.457. The molecule has 1 fully saturated rings. The lowest BCUT2D eigenvalue weighted by molar-refractivity contribution is -0.228. The summed E-state index contributed by atoms with van der Waals surface area (Å²) in [6, 6.07) is 9.56. The molecule has 0 spiro atoms. The normalized spacial score (nSPS) is 29.3. The Morgan fingerprint density at radius 1 is 1.04 bits per heavy atom. The van der Waals surface area contributed by atoms with Gasteiger partial charge in [-0.15, -0.1) is 0 Å². The van der Waals surface area contributed by atoms with Gasteiger partial charge < -0.3 is 34.7 Å². The highest BCUT2D eigenvalue weighted by molar-refractivity contribution is 5.94. The van der Waals surface area contributed by atoms with Crippen molar-refractivity contribution < 1.29 is 29.7 Å². The van der Waals surface area contributed by atoms with E-state index in [1.54, 1.807) is 6.07 Å². The Morgan fingerprint density at radius 3 is 2.62 bits per heavy atom. The molecule has 5 atom stereocenters. The Balaban J connectivity index is 1.55. The van der Waals surface area contributed by atoms with Crippen molar-refractivity contribution in [2.75, 3.05) is 6.61 Å². The number of hydrogen-bond donors (Lipinski definition) is 5. The summed E-state index contributed by atoms with van der Waals surface area (Å²) in [4.78, 5) is 3.17. The zero-order chi connectivity index (χ0) is 18.3. The minimum absolute atomic E-state index is 0.174. The first kappa shape index (κ1) is 17.2. The number of hydrogen-bond acceptors (Lipinski definition) is 7. The molecule has 0 radical (unpaired) electrons. The quantitative estimate of drug-likeness (QED) is 0.449. The maximum absolute atomic E-state index is 10.1. The van der Waals surface area contributed by atoms with Gasteiger partial charge in [-0.05, 0) is 6.07 Å². The second kappa shape index (κ2) is 6.82. The predicted molar refractivity (Wildman–Crippen MR) is 91.3 cm³/mol. The SMILES string of the molecule is OC[C@H]1O[C@@H](Cc2cc(-c3c[nH]c4ccccc34)on2)[C@H](O)[C@@H](O)[C@@H]1O. The van der Waals surface area contributed by atoms with Gasteiger partial charge in [-0.2, -0.15) is 0 Å². The molecule has 26 heavy (non-hydrogen) atoms. The number of nitrogens with zero attached hydrogens (tertiary/aromatic N) is 1. The van der Waals surface area contributed by atoms with E-state index in [1.807, 2.05) is 30.5 Å². The van der Waals surface area contributed by atoms with E-state index in [1.165, 1.54) is 0 Å². The molecular formula is C18H20N2O6. The van der Waals surface area contributed by atoms with Crippen LogP contribution in [-0.2, 0) is 11.2 Å². The van der Waals surface area contributed by atoms with Gasteiger partial charge in [-0.25, -0.2) is 0 Å². The van der Waals surface area contributed by atoms with Crippen molar-refractivity contribution in [2.24, 2.45) is 0 Å². The van der Waals surface area contributed by atoms with Gasteiger partial charge in [-0.3, -0.25) is 0 Å². The van der Waals surface area contributed by atoms with Crippen LogP contribution in [0.25, 0.3) is 22.2 Å². The molecule has 1 aliphatic heterocycles. The molecule has 0 saturated carbocycles. The zero-order valence-electron chi connectivity index (χ0n) is 13.8. The first-order chi connectivity index (χ1) is 12.6. The minimum atomic E-state index is -1.40. The van der Waals surface area contributed by atoms with E-state index in [-0.39, 0.29) is 6.42 Å². The molecule has 5 N–H and O–H groups in total. The second-order valence-corrected chi connectivity index (χ2v) is 6.50. The number of aromatic amines is 1. The van der Waals surface area contributed by atoms with Gasteiger partial charge in [0.1, 0.15) is 24.4 Å². The molecule has 4 rings (SSSR count). The topological polar surface area (TPSA) is 132 Å². The van der Waals surface area contributed by atoms with Crippen molar-refractivity contribution in [3.8, 4) is 11.3 Å². The lowest BCUT2D eigenvalue weighted by Crippen LogP contribution is -2.59. The number of ether oxygens (including phenoxy) is 1. The highest BCUT2D eigenvalue weighted by atomic mass is 16.5. The van der Waals surface area contributed by atoms with Crippen LogP contribution >= 0.6 is 0 Å². The Bertz CT molecular complexity index is 889. The first-order valence-corrected chi connectivity index (χ1v) is 8.41. The van der Waals surface area contributed by atoms with Gasteiger partial charge in [0.2, 0.25) is 0 Å². The number of aliphatic hydroxyl groups is 4. The number of aliphatic hydroxyl groups excluding tert-OH is 4. The van der Waals surface area contributed by atoms with Crippen LogP contribution < -0.4 is 0 Å². The molecule has 8 nitrogen and oxygen atoms in total. The standard InChI is InChI=1S/C18H20N2O6/c21-8-15-17(23)18(24)16(22)14(25-15)6-9-5-13(26-20-9)11-7-19-12-4-2-1-3-10(11)12/h1-5,7,14-19,21-24H,6,8H2/t14-,15+,16-,17+,18+/m0/s1. The van der Waals surface area contributed by atoms with Crippen LogP contribution in [-0.4, -0.2) is 67.7 Å². The first-order valence-electron chi connectivity index (χ1n) is 8.41. The van der Waals surface area contributed by atoms with Crippen molar-refractivity contribution in [1.82, 2.24) is 10.1 Å². The number of benzene rings is 1. The summed E-state index contributed by atoms with van der Waals surface area (Å²) in [5, 5.41) is 44.1. The summed E-state index contributed by atoms with van der Waals surface area (Å²) in [5.41, 5.74) is 2.39. The van der Waals surface area contributed by atoms with Crippen LogP contribution in [0.5, 0.6) is 0 Å². The summed E-state index contributed by atoms with van der Waals surface area (Å²) in [7, 11) is 0. The molecule has 3 aromatic rings. The molecule has 0 bridgehead atoms. The highest BCUT2D eigenvalue weighted by Crippen LogP contribution is 2.30. The number of rotatable bonds is 4. The van der Waals surface area contributed by atoms with E-state index in [0.717, 1.165) is 16.5 Å². The van der Waals surface area contributed by atoms with E-state index in [0.29, 0.717) is 11.5 Å². The number of aromatic nitrogens is 2. The van der Waals surface area contributed by atoms with E-state index in [4.69, 9.17) is 9.26 Å². The Hall–Kier alpha value is -2.23. The number of para-hydroxylation sites is 1. The molecule has 0 unspecified atom stereocenters. The third kappa shape index (κ3) is 2.91. The van der Waals surface area contributed by atoms with E-state index in [2.05, 4.69) is 10.1 Å². The lowest BCUT2D eigenvalue weighted by atomic mass is 9.93. The van der Waals surface area contributed by atoms with Crippen LogP contribution in [0.2, 0.25) is 0 Å². The predicted octanol–water partition coefficient (Wildman–Crippen LogP) is 0.208. The third-order valence-corrected chi connectivity index (χ3v) is 4.82. The van der Waals surface area contributed by atoms with E-state index < -0.39 is 37.1 Å². The maximum Gasteiger partial charge on any atom is 0.169 e. The average Bonchev–Trinajstić information content (AvgIpc) is 3.28. The fourth-order valence-electron chi connectivity index (χ4n) is 3.36. The monoisotopic (exact) mass is 360 g/mol. The van der Waals surface area contributed by atoms with E-state index >= 15 is 0 Å². The van der Waals surface area contributed by atoms with Gasteiger partial charge in [-0.1, -0.05) is 23.4 Å².